The maximum Gasteiger partial charge on any atom is 0.253 e. The minimum Gasteiger partial charge on any atom is -0.483 e. The van der Waals surface area contributed by atoms with Gasteiger partial charge in [0.25, 0.3) is 5.89 Å². The highest BCUT2D eigenvalue weighted by Gasteiger charge is 2.07. The molecule has 0 saturated heterocycles. The van der Waals surface area contributed by atoms with Crippen molar-refractivity contribution in [2.75, 3.05) is 6.54 Å². The van der Waals surface area contributed by atoms with Crippen molar-refractivity contribution in [1.29, 1.82) is 0 Å². The molecule has 2 rings (SSSR count). The quantitative estimate of drug-likeness (QED) is 0.883. The third-order valence-corrected chi connectivity index (χ3v) is 3.21. The topological polar surface area (TPSA) is 74.2 Å². The van der Waals surface area contributed by atoms with E-state index in [9.17, 15) is 0 Å². The van der Waals surface area contributed by atoms with E-state index in [0.29, 0.717) is 18.3 Å². The smallest absolute Gasteiger partial charge is 0.253 e. The second-order valence-electron chi connectivity index (χ2n) is 4.04. The molecule has 0 atom stereocenters. The summed E-state index contributed by atoms with van der Waals surface area (Å²) in [5.41, 5.74) is 6.70. The number of halogens is 1. The van der Waals surface area contributed by atoms with Crippen LogP contribution >= 0.6 is 15.9 Å². The molecule has 0 spiro atoms. The molecule has 0 amide bonds. The van der Waals surface area contributed by atoms with E-state index in [-0.39, 0.29) is 6.61 Å². The summed E-state index contributed by atoms with van der Waals surface area (Å²) in [5, 5.41) is 7.79. The zero-order valence-corrected chi connectivity index (χ0v) is 12.3. The Morgan fingerprint density at radius 2 is 2.11 bits per heavy atom. The first-order valence-corrected chi connectivity index (χ1v) is 6.94. The lowest BCUT2D eigenvalue weighted by atomic mass is 10.1. The van der Waals surface area contributed by atoms with Crippen LogP contribution in [0.3, 0.4) is 0 Å². The third kappa shape index (κ3) is 3.78. The number of rotatable bonds is 6. The SMILES string of the molecule is CCc1nnc(COc2ccc(CCN)cc2Br)o1. The Balaban J connectivity index is 1.99. The maximum absolute atomic E-state index is 5.64. The largest absolute Gasteiger partial charge is 0.483 e. The molecule has 0 bridgehead atoms. The number of nitrogens with zero attached hydrogens (tertiary/aromatic N) is 2. The van der Waals surface area contributed by atoms with Crippen LogP contribution in [0.4, 0.5) is 0 Å². The predicted molar refractivity (Wildman–Crippen MR) is 74.9 cm³/mol. The van der Waals surface area contributed by atoms with Crippen LogP contribution in [0.2, 0.25) is 0 Å². The lowest BCUT2D eigenvalue weighted by molar-refractivity contribution is 0.258. The summed E-state index contributed by atoms with van der Waals surface area (Å²) >= 11 is 3.48. The van der Waals surface area contributed by atoms with Gasteiger partial charge in [-0.05, 0) is 46.6 Å². The molecule has 0 radical (unpaired) electrons. The fourth-order valence-electron chi connectivity index (χ4n) is 1.61. The van der Waals surface area contributed by atoms with Crippen molar-refractivity contribution >= 4 is 15.9 Å². The van der Waals surface area contributed by atoms with Crippen molar-refractivity contribution in [1.82, 2.24) is 10.2 Å². The van der Waals surface area contributed by atoms with Crippen molar-refractivity contribution in [3.8, 4) is 5.75 Å². The Labute approximate surface area is 120 Å². The normalized spacial score (nSPS) is 10.7. The minimum atomic E-state index is 0.266. The lowest BCUT2D eigenvalue weighted by Crippen LogP contribution is -2.03. The van der Waals surface area contributed by atoms with Crippen LogP contribution in [-0.4, -0.2) is 16.7 Å². The molecule has 0 fully saturated rings. The van der Waals surface area contributed by atoms with E-state index >= 15 is 0 Å². The first-order valence-electron chi connectivity index (χ1n) is 6.15. The van der Waals surface area contributed by atoms with Gasteiger partial charge in [-0.2, -0.15) is 0 Å². The zero-order valence-electron chi connectivity index (χ0n) is 10.7. The van der Waals surface area contributed by atoms with Gasteiger partial charge in [-0.1, -0.05) is 13.0 Å². The fraction of sp³-hybridized carbons (Fsp3) is 0.385. The zero-order chi connectivity index (χ0) is 13.7. The summed E-state index contributed by atoms with van der Waals surface area (Å²) in [5.74, 6) is 1.85. The number of ether oxygens (including phenoxy) is 1. The van der Waals surface area contributed by atoms with Gasteiger partial charge in [0.2, 0.25) is 5.89 Å². The van der Waals surface area contributed by atoms with Crippen molar-refractivity contribution in [2.45, 2.75) is 26.4 Å². The van der Waals surface area contributed by atoms with Gasteiger partial charge in [-0.15, -0.1) is 10.2 Å². The first kappa shape index (κ1) is 14.0. The summed E-state index contributed by atoms with van der Waals surface area (Å²) in [6, 6.07) is 5.91. The number of nitrogens with two attached hydrogens (primary N) is 1. The first-order chi connectivity index (χ1) is 9.22. The molecular formula is C13H16BrN3O2. The van der Waals surface area contributed by atoms with E-state index in [0.717, 1.165) is 23.1 Å². The average Bonchev–Trinajstić information content (AvgIpc) is 2.86. The highest BCUT2D eigenvalue weighted by molar-refractivity contribution is 9.10. The summed E-state index contributed by atoms with van der Waals surface area (Å²) in [4.78, 5) is 0. The van der Waals surface area contributed by atoms with Gasteiger partial charge in [0.15, 0.2) is 6.61 Å². The van der Waals surface area contributed by atoms with Crippen molar-refractivity contribution in [2.24, 2.45) is 5.73 Å². The van der Waals surface area contributed by atoms with Gasteiger partial charge in [0, 0.05) is 6.42 Å². The standard InChI is InChI=1S/C13H16BrN3O2/c1-2-12-16-17-13(19-12)8-18-11-4-3-9(5-6-15)7-10(11)14/h3-4,7H,2,5-6,8,15H2,1H3. The Hall–Kier alpha value is -1.40. The van der Waals surface area contributed by atoms with Crippen LogP contribution in [0.25, 0.3) is 0 Å². The summed E-state index contributed by atoms with van der Waals surface area (Å²) in [6.07, 6.45) is 1.58. The summed E-state index contributed by atoms with van der Waals surface area (Å²) in [6.45, 7) is 2.86. The fourth-order valence-corrected chi connectivity index (χ4v) is 2.15. The Morgan fingerprint density at radius 3 is 2.74 bits per heavy atom. The number of hydrogen-bond donors (Lipinski definition) is 1. The van der Waals surface area contributed by atoms with Gasteiger partial charge < -0.3 is 14.9 Å². The molecule has 1 heterocycles. The van der Waals surface area contributed by atoms with Crippen molar-refractivity contribution < 1.29 is 9.15 Å². The van der Waals surface area contributed by atoms with Gasteiger partial charge in [-0.25, -0.2) is 0 Å². The van der Waals surface area contributed by atoms with Crippen molar-refractivity contribution in [3.63, 3.8) is 0 Å². The molecule has 1 aromatic carbocycles. The molecular weight excluding hydrogens is 310 g/mol. The van der Waals surface area contributed by atoms with E-state index in [4.69, 9.17) is 14.9 Å². The Morgan fingerprint density at radius 1 is 1.32 bits per heavy atom. The monoisotopic (exact) mass is 325 g/mol. The molecule has 0 aliphatic carbocycles. The number of aromatic nitrogens is 2. The van der Waals surface area contributed by atoms with Crippen LogP contribution < -0.4 is 10.5 Å². The van der Waals surface area contributed by atoms with Crippen molar-refractivity contribution in [3.05, 3.63) is 40.0 Å². The molecule has 5 nitrogen and oxygen atoms in total. The maximum atomic E-state index is 5.64. The molecule has 0 unspecified atom stereocenters. The van der Waals surface area contributed by atoms with Crippen LogP contribution in [0, 0.1) is 0 Å². The molecule has 0 aliphatic rings. The van der Waals surface area contributed by atoms with Crippen LogP contribution in [-0.2, 0) is 19.4 Å². The van der Waals surface area contributed by atoms with E-state index in [1.54, 1.807) is 0 Å². The van der Waals surface area contributed by atoms with Crippen LogP contribution in [0.1, 0.15) is 24.3 Å². The summed E-state index contributed by atoms with van der Waals surface area (Å²) < 4.78 is 11.9. The highest BCUT2D eigenvalue weighted by Crippen LogP contribution is 2.26. The van der Waals surface area contributed by atoms with E-state index in [1.165, 1.54) is 5.56 Å². The number of benzene rings is 1. The van der Waals surface area contributed by atoms with Crippen LogP contribution in [0.5, 0.6) is 5.75 Å². The van der Waals surface area contributed by atoms with Gasteiger partial charge >= 0.3 is 0 Å². The van der Waals surface area contributed by atoms with Gasteiger partial charge in [0.05, 0.1) is 4.47 Å². The molecule has 2 aromatic rings. The molecule has 6 heteroatoms. The average molecular weight is 326 g/mol. The highest BCUT2D eigenvalue weighted by atomic mass is 79.9. The number of aryl methyl sites for hydroxylation is 1. The minimum absolute atomic E-state index is 0.266. The molecule has 0 saturated carbocycles. The Bertz CT molecular complexity index is 542. The molecule has 2 N–H and O–H groups in total. The van der Waals surface area contributed by atoms with E-state index in [2.05, 4.69) is 26.1 Å². The van der Waals surface area contributed by atoms with E-state index < -0.39 is 0 Å². The second-order valence-corrected chi connectivity index (χ2v) is 4.89. The predicted octanol–water partition coefficient (Wildman–Crippen LogP) is 2.47. The molecule has 1 aromatic heterocycles. The van der Waals surface area contributed by atoms with Crippen LogP contribution in [0.15, 0.2) is 27.1 Å². The third-order valence-electron chi connectivity index (χ3n) is 2.59. The summed E-state index contributed by atoms with van der Waals surface area (Å²) in [7, 11) is 0. The van der Waals surface area contributed by atoms with Gasteiger partial charge in [0.1, 0.15) is 5.75 Å². The number of hydrogen-bond acceptors (Lipinski definition) is 5. The lowest BCUT2D eigenvalue weighted by Gasteiger charge is -2.07. The van der Waals surface area contributed by atoms with Gasteiger partial charge in [-0.3, -0.25) is 0 Å². The second kappa shape index (κ2) is 6.68. The van der Waals surface area contributed by atoms with E-state index in [1.807, 2.05) is 25.1 Å². The molecule has 102 valence electrons. The Kier molecular flexibility index (Phi) is 4.93. The molecule has 0 aliphatic heterocycles. The molecule has 19 heavy (non-hydrogen) atoms.